The highest BCUT2D eigenvalue weighted by molar-refractivity contribution is 6.00. The van der Waals surface area contributed by atoms with E-state index >= 15 is 0 Å². The lowest BCUT2D eigenvalue weighted by molar-refractivity contribution is -0.369. The minimum absolute atomic E-state index is 0.0589. The Morgan fingerprint density at radius 2 is 2.06 bits per heavy atom. The molecule has 0 saturated carbocycles. The monoisotopic (exact) mass is 417 g/mol. The molecule has 4 rings (SSSR count). The molecule has 2 aliphatic carbocycles. The predicted molar refractivity (Wildman–Crippen MR) is 121 cm³/mol. The number of Topliss-reactive ketones (excluding diaryl/α,β-unsaturated/α-hetero) is 1. The van der Waals surface area contributed by atoms with E-state index in [1.165, 1.54) is 23.9 Å². The number of nitrogens with two attached hydrogens (primary N) is 1. The average Bonchev–Trinajstić information content (AvgIpc) is 3.12. The number of hydrogen-bond acceptors (Lipinski definition) is 4. The largest absolute Gasteiger partial charge is 0.402 e. The lowest BCUT2D eigenvalue weighted by atomic mass is 9.81. The molecule has 0 bridgehead atoms. The summed E-state index contributed by atoms with van der Waals surface area (Å²) < 4.78 is 0. The van der Waals surface area contributed by atoms with Gasteiger partial charge < -0.3 is 16.8 Å². The summed E-state index contributed by atoms with van der Waals surface area (Å²) in [7, 11) is 0. The van der Waals surface area contributed by atoms with Gasteiger partial charge in [-0.3, -0.25) is 14.6 Å². The molecular weight excluding hydrogens is 388 g/mol. The van der Waals surface area contributed by atoms with Gasteiger partial charge in [0.25, 0.3) is 5.91 Å². The van der Waals surface area contributed by atoms with Crippen LogP contribution in [0.4, 0.5) is 0 Å². The molecule has 0 radical (unpaired) electrons. The van der Waals surface area contributed by atoms with Gasteiger partial charge in [-0.15, -0.1) is 0 Å². The lowest BCUT2D eigenvalue weighted by Crippen LogP contribution is -2.51. The molecule has 0 fully saturated rings. The van der Waals surface area contributed by atoms with E-state index in [1.54, 1.807) is 24.3 Å². The normalized spacial score (nSPS) is 22.5. The van der Waals surface area contributed by atoms with E-state index in [9.17, 15) is 9.59 Å². The molecule has 3 aliphatic rings. The summed E-state index contributed by atoms with van der Waals surface area (Å²) >= 11 is 0. The maximum absolute atomic E-state index is 12.6. The molecule has 2 atom stereocenters. The molecule has 160 valence electrons. The second-order valence-electron chi connectivity index (χ2n) is 8.30. The minimum atomic E-state index is -0.219. The smallest absolute Gasteiger partial charge is 0.255 e. The van der Waals surface area contributed by atoms with Gasteiger partial charge in [-0.1, -0.05) is 24.3 Å². The van der Waals surface area contributed by atoms with E-state index in [0.717, 1.165) is 43.6 Å². The Morgan fingerprint density at radius 1 is 1.26 bits per heavy atom. The van der Waals surface area contributed by atoms with Gasteiger partial charge in [-0.2, -0.15) is 0 Å². The van der Waals surface area contributed by atoms with Gasteiger partial charge in [0.15, 0.2) is 5.78 Å². The van der Waals surface area contributed by atoms with Crippen molar-refractivity contribution in [2.24, 2.45) is 22.6 Å². The molecule has 0 spiro atoms. The van der Waals surface area contributed by atoms with Crippen molar-refractivity contribution >= 4 is 17.4 Å². The summed E-state index contributed by atoms with van der Waals surface area (Å²) in [5.41, 5.74) is 16.5. The molecule has 6 nitrogen and oxygen atoms in total. The van der Waals surface area contributed by atoms with Crippen molar-refractivity contribution in [1.82, 2.24) is 5.32 Å². The van der Waals surface area contributed by atoms with Gasteiger partial charge in [-0.05, 0) is 56.0 Å². The van der Waals surface area contributed by atoms with Gasteiger partial charge >= 0.3 is 0 Å². The van der Waals surface area contributed by atoms with Crippen LogP contribution < -0.4 is 16.8 Å². The molecule has 6 N–H and O–H groups in total. The fourth-order valence-electron chi connectivity index (χ4n) is 4.44. The zero-order chi connectivity index (χ0) is 22.0. The number of carbonyl (C=O) groups excluding carboxylic acids is 2. The van der Waals surface area contributed by atoms with Crippen molar-refractivity contribution in [1.29, 1.82) is 0 Å². The molecule has 2 unspecified atom stereocenters. The standard InChI is InChI=1S/C25H28N4O2/c1-15(30)17-3-2-4-18(13-17)25(31)28-20-8-5-16(6-9-20)24-21(11-12-26)22-14-19(27)7-10-23(22)29-24/h2-5,8-9,13-14,16,21H,6-7,10-12,26-27H2,1H3,(H,28,31)/p+1. The van der Waals surface area contributed by atoms with Crippen LogP contribution in [0.25, 0.3) is 0 Å². The molecule has 1 aliphatic heterocycles. The molecule has 31 heavy (non-hydrogen) atoms. The number of benzene rings is 1. The minimum Gasteiger partial charge on any atom is -0.402 e. The summed E-state index contributed by atoms with van der Waals surface area (Å²) in [4.78, 5) is 29.2. The Labute approximate surface area is 182 Å². The van der Waals surface area contributed by atoms with Gasteiger partial charge in [0, 0.05) is 52.2 Å². The number of nitrogens with zero attached hydrogens (tertiary/aromatic N) is 1. The van der Waals surface area contributed by atoms with Crippen molar-refractivity contribution in [2.75, 3.05) is 6.54 Å². The third kappa shape index (κ3) is 4.44. The zero-order valence-electron chi connectivity index (χ0n) is 17.9. The molecule has 0 saturated heterocycles. The fourth-order valence-corrected chi connectivity index (χ4v) is 4.44. The first-order chi connectivity index (χ1) is 15.0. The summed E-state index contributed by atoms with van der Waals surface area (Å²) in [5.74, 6) is 0.206. The Kier molecular flexibility index (Phi) is 6.00. The average molecular weight is 418 g/mol. The van der Waals surface area contributed by atoms with E-state index < -0.39 is 0 Å². The predicted octanol–water partition coefficient (Wildman–Crippen LogP) is 2.67. The number of aliphatic imine (C=N–C) groups is 1. The van der Waals surface area contributed by atoms with Gasteiger partial charge in [0.1, 0.15) is 0 Å². The molecule has 1 heterocycles. The van der Waals surface area contributed by atoms with Crippen LogP contribution in [0, 0.1) is 11.8 Å². The van der Waals surface area contributed by atoms with Crippen LogP contribution in [-0.4, -0.2) is 23.9 Å². The zero-order valence-corrected chi connectivity index (χ0v) is 17.9. The van der Waals surface area contributed by atoms with E-state index in [4.69, 9.17) is 10.7 Å². The highest BCUT2D eigenvalue weighted by Gasteiger charge is 2.34. The molecule has 1 amide bonds. The van der Waals surface area contributed by atoms with Crippen LogP contribution in [0.2, 0.25) is 0 Å². The summed E-state index contributed by atoms with van der Waals surface area (Å²) in [6, 6.07) is 6.78. The van der Waals surface area contributed by atoms with E-state index in [-0.39, 0.29) is 23.5 Å². The lowest BCUT2D eigenvalue weighted by Gasteiger charge is -2.23. The third-order valence-corrected chi connectivity index (χ3v) is 6.08. The maximum Gasteiger partial charge on any atom is 0.255 e. The topological polar surface area (TPSA) is 112 Å². The quantitative estimate of drug-likeness (QED) is 0.619. The maximum atomic E-state index is 12.6. The highest BCUT2D eigenvalue weighted by atomic mass is 16.1. The van der Waals surface area contributed by atoms with Crippen LogP contribution >= 0.6 is 0 Å². The highest BCUT2D eigenvalue weighted by Crippen LogP contribution is 2.39. The van der Waals surface area contributed by atoms with Crippen molar-refractivity contribution in [3.8, 4) is 0 Å². The number of allylic oxidation sites excluding steroid dienone is 7. The summed E-state index contributed by atoms with van der Waals surface area (Å²) in [5, 5.41) is 2.94. The molecule has 6 heteroatoms. The van der Waals surface area contributed by atoms with E-state index in [1.807, 2.05) is 12.2 Å². The number of rotatable bonds is 6. The van der Waals surface area contributed by atoms with E-state index in [2.05, 4.69) is 23.2 Å². The van der Waals surface area contributed by atoms with Crippen LogP contribution in [0.5, 0.6) is 0 Å². The number of carbonyl (C=O) groups is 2. The van der Waals surface area contributed by atoms with Crippen molar-refractivity contribution in [3.63, 3.8) is 0 Å². The number of ketones is 1. The third-order valence-electron chi connectivity index (χ3n) is 6.08. The SMILES string of the molecule is CC(=O)c1cccc(C(=O)NC2=CCC(C3=NC4=C(C=C(N)CC4)C3CC[NH3+])C=C2)c1. The van der Waals surface area contributed by atoms with Crippen LogP contribution in [0.15, 0.2) is 76.2 Å². The second kappa shape index (κ2) is 8.86. The molecule has 1 aromatic rings. The van der Waals surface area contributed by atoms with Crippen LogP contribution in [-0.2, 0) is 0 Å². The Bertz CT molecular complexity index is 1070. The molecular formula is C25H29N4O2+. The molecule has 1 aromatic carbocycles. The van der Waals surface area contributed by atoms with Crippen LogP contribution in [0.3, 0.4) is 0 Å². The Balaban J connectivity index is 1.44. The number of amides is 1. The van der Waals surface area contributed by atoms with Crippen molar-refractivity contribution in [2.45, 2.75) is 32.6 Å². The number of nitrogens with one attached hydrogen (secondary N) is 1. The Morgan fingerprint density at radius 3 is 2.77 bits per heavy atom. The fraction of sp³-hybridized carbons (Fsp3) is 0.320. The van der Waals surface area contributed by atoms with Crippen molar-refractivity contribution in [3.05, 3.63) is 82.4 Å². The van der Waals surface area contributed by atoms with Crippen molar-refractivity contribution < 1.29 is 15.3 Å². The summed E-state index contributed by atoms with van der Waals surface area (Å²) in [6.07, 6.45) is 11.8. The molecule has 0 aromatic heterocycles. The number of quaternary nitrogens is 1. The second-order valence-corrected chi connectivity index (χ2v) is 8.30. The first-order valence-corrected chi connectivity index (χ1v) is 10.8. The first-order valence-electron chi connectivity index (χ1n) is 10.8. The summed E-state index contributed by atoms with van der Waals surface area (Å²) in [6.45, 7) is 2.34. The van der Waals surface area contributed by atoms with Gasteiger partial charge in [0.2, 0.25) is 0 Å². The van der Waals surface area contributed by atoms with E-state index in [0.29, 0.717) is 11.1 Å². The Hall–Kier alpha value is -3.25. The van der Waals surface area contributed by atoms with Gasteiger partial charge in [0.05, 0.1) is 6.54 Å². The van der Waals surface area contributed by atoms with Gasteiger partial charge in [-0.25, -0.2) is 0 Å². The first kappa shape index (κ1) is 21.0. The number of hydrogen-bond donors (Lipinski definition) is 3. The van der Waals surface area contributed by atoms with Crippen LogP contribution in [0.1, 0.15) is 53.3 Å².